The number of thioether (sulfide) groups is 1. The normalized spacial score (nSPS) is 16.8. The van der Waals surface area contributed by atoms with Gasteiger partial charge in [0, 0.05) is 17.7 Å². The Bertz CT molecular complexity index is 571. The van der Waals surface area contributed by atoms with Crippen molar-refractivity contribution in [2.45, 2.75) is 36.8 Å². The maximum absolute atomic E-state index is 12.9. The molecule has 0 atom stereocenters. The zero-order valence-electron chi connectivity index (χ0n) is 11.1. The topological polar surface area (TPSA) is 34.1 Å². The number of benzene rings is 1. The molecule has 0 spiro atoms. The minimum absolute atomic E-state index is 0.0117. The molecule has 0 aromatic heterocycles. The molecule has 1 saturated carbocycles. The molecule has 0 saturated heterocycles. The molecule has 2 nitrogen and oxygen atoms in total. The molecule has 0 bridgehead atoms. The fourth-order valence-electron chi connectivity index (χ4n) is 2.05. The molecule has 0 N–H and O–H groups in total. The van der Waals surface area contributed by atoms with E-state index >= 15 is 0 Å². The van der Waals surface area contributed by atoms with E-state index in [0.29, 0.717) is 12.8 Å². The van der Waals surface area contributed by atoms with Crippen LogP contribution in [0.3, 0.4) is 0 Å². The van der Waals surface area contributed by atoms with Crippen molar-refractivity contribution in [2.24, 2.45) is 0 Å². The van der Waals surface area contributed by atoms with E-state index in [9.17, 15) is 22.8 Å². The van der Waals surface area contributed by atoms with Crippen LogP contribution in [0.25, 0.3) is 0 Å². The average Bonchev–Trinajstić information content (AvgIpc) is 2.58. The molecule has 21 heavy (non-hydrogen) atoms. The van der Waals surface area contributed by atoms with Crippen LogP contribution in [0.1, 0.15) is 31.2 Å². The molecule has 1 aliphatic rings. The summed E-state index contributed by atoms with van der Waals surface area (Å²) in [7, 11) is 0. The number of hydrogen-bond donors (Lipinski definition) is 0. The summed E-state index contributed by atoms with van der Waals surface area (Å²) in [5.41, 5.74) is -0.741. The van der Waals surface area contributed by atoms with Crippen LogP contribution in [-0.2, 0) is 15.8 Å². The van der Waals surface area contributed by atoms with Crippen LogP contribution in [0.2, 0.25) is 0 Å². The van der Waals surface area contributed by atoms with E-state index in [4.69, 9.17) is 0 Å². The fraction of sp³-hybridized carbons (Fsp3) is 0.333. The van der Waals surface area contributed by atoms with Gasteiger partial charge in [-0.15, -0.1) is 0 Å². The lowest BCUT2D eigenvalue weighted by Gasteiger charge is -2.10. The van der Waals surface area contributed by atoms with E-state index in [0.717, 1.165) is 17.8 Å². The zero-order valence-corrected chi connectivity index (χ0v) is 11.9. The van der Waals surface area contributed by atoms with E-state index in [-0.39, 0.29) is 34.9 Å². The number of halogens is 3. The Kier molecular flexibility index (Phi) is 4.88. The summed E-state index contributed by atoms with van der Waals surface area (Å²) in [6, 6.07) is 5.11. The Morgan fingerprint density at radius 3 is 2.14 bits per heavy atom. The molecule has 0 aliphatic heterocycles. The molecule has 6 heteroatoms. The summed E-state index contributed by atoms with van der Waals surface area (Å²) in [5.74, 6) is -0.566. The first kappa shape index (κ1) is 15.8. The molecule has 0 radical (unpaired) electrons. The first-order valence-corrected chi connectivity index (χ1v) is 7.37. The standard InChI is InChI=1S/C15H13F3O2S/c16-15(17,18)11-5-1-4-8-14(11)21-9-10-12(19)6-2-3-7-13(10)20/h1,4-5,8-9H,2-3,6-7H2. The second-order valence-corrected chi connectivity index (χ2v) is 5.61. The summed E-state index contributed by atoms with van der Waals surface area (Å²) in [4.78, 5) is 23.6. The highest BCUT2D eigenvalue weighted by Crippen LogP contribution is 2.37. The van der Waals surface area contributed by atoms with E-state index < -0.39 is 11.7 Å². The van der Waals surface area contributed by atoms with Gasteiger partial charge >= 0.3 is 6.18 Å². The number of carbonyl (C=O) groups excluding carboxylic acids is 2. The molecular formula is C15H13F3O2S. The largest absolute Gasteiger partial charge is 0.417 e. The molecule has 0 amide bonds. The van der Waals surface area contributed by atoms with Crippen molar-refractivity contribution < 1.29 is 22.8 Å². The van der Waals surface area contributed by atoms with Gasteiger partial charge in [-0.05, 0) is 30.4 Å². The van der Waals surface area contributed by atoms with Crippen LogP contribution in [0.4, 0.5) is 13.2 Å². The SMILES string of the molecule is O=C1CCCCC(=O)C1=CSc1ccccc1C(F)(F)F. The zero-order chi connectivity index (χ0) is 15.5. The summed E-state index contributed by atoms with van der Waals surface area (Å²) in [6.45, 7) is 0. The van der Waals surface area contributed by atoms with Gasteiger partial charge in [0.15, 0.2) is 11.6 Å². The average molecular weight is 314 g/mol. The molecule has 1 aliphatic carbocycles. The van der Waals surface area contributed by atoms with Crippen molar-refractivity contribution >= 4 is 23.3 Å². The van der Waals surface area contributed by atoms with Gasteiger partial charge < -0.3 is 0 Å². The summed E-state index contributed by atoms with van der Waals surface area (Å²) in [6.07, 6.45) is -2.62. The lowest BCUT2D eigenvalue weighted by molar-refractivity contribution is -0.139. The van der Waals surface area contributed by atoms with Gasteiger partial charge in [-0.25, -0.2) is 0 Å². The lowest BCUT2D eigenvalue weighted by atomic mass is 10.1. The summed E-state index contributed by atoms with van der Waals surface area (Å²) in [5, 5.41) is 1.26. The van der Waals surface area contributed by atoms with E-state index in [2.05, 4.69) is 0 Å². The van der Waals surface area contributed by atoms with Crippen LogP contribution in [0.5, 0.6) is 0 Å². The van der Waals surface area contributed by atoms with Crippen LogP contribution in [-0.4, -0.2) is 11.6 Å². The van der Waals surface area contributed by atoms with Crippen molar-refractivity contribution in [3.8, 4) is 0 Å². The van der Waals surface area contributed by atoms with Gasteiger partial charge in [-0.1, -0.05) is 23.9 Å². The van der Waals surface area contributed by atoms with Gasteiger partial charge in [0.25, 0.3) is 0 Å². The lowest BCUT2D eigenvalue weighted by Crippen LogP contribution is -2.09. The van der Waals surface area contributed by atoms with E-state index in [1.54, 1.807) is 0 Å². The number of Topliss-reactive ketones (excluding diaryl/α,β-unsaturated/α-hetero) is 2. The molecule has 1 aromatic carbocycles. The highest BCUT2D eigenvalue weighted by atomic mass is 32.2. The quantitative estimate of drug-likeness (QED) is 0.351. The Morgan fingerprint density at radius 2 is 1.57 bits per heavy atom. The number of allylic oxidation sites excluding steroid dienone is 1. The summed E-state index contributed by atoms with van der Waals surface area (Å²) >= 11 is 0.773. The van der Waals surface area contributed by atoms with Crippen molar-refractivity contribution in [1.29, 1.82) is 0 Å². The van der Waals surface area contributed by atoms with Crippen molar-refractivity contribution in [2.75, 3.05) is 0 Å². The van der Waals surface area contributed by atoms with E-state index in [1.165, 1.54) is 23.6 Å². The van der Waals surface area contributed by atoms with Crippen LogP contribution >= 0.6 is 11.8 Å². The van der Waals surface area contributed by atoms with Gasteiger partial charge in [0.2, 0.25) is 0 Å². The third kappa shape index (κ3) is 3.97. The highest BCUT2D eigenvalue weighted by Gasteiger charge is 2.33. The van der Waals surface area contributed by atoms with Crippen molar-refractivity contribution in [3.05, 3.63) is 40.8 Å². The van der Waals surface area contributed by atoms with Crippen molar-refractivity contribution in [1.82, 2.24) is 0 Å². The maximum atomic E-state index is 12.9. The third-order valence-electron chi connectivity index (χ3n) is 3.15. The Morgan fingerprint density at radius 1 is 1.00 bits per heavy atom. The highest BCUT2D eigenvalue weighted by molar-refractivity contribution is 8.02. The number of carbonyl (C=O) groups is 2. The van der Waals surface area contributed by atoms with Crippen LogP contribution in [0, 0.1) is 0 Å². The first-order chi connectivity index (χ1) is 9.89. The number of rotatable bonds is 2. The fourth-order valence-corrected chi connectivity index (χ4v) is 3.03. The second-order valence-electron chi connectivity index (χ2n) is 4.70. The number of ketones is 2. The Labute approximate surface area is 124 Å². The van der Waals surface area contributed by atoms with E-state index in [1.807, 2.05) is 0 Å². The number of alkyl halides is 3. The molecule has 0 unspecified atom stereocenters. The van der Waals surface area contributed by atoms with Crippen LogP contribution < -0.4 is 0 Å². The predicted octanol–water partition coefficient (Wildman–Crippen LogP) is 4.39. The molecular weight excluding hydrogens is 301 g/mol. The summed E-state index contributed by atoms with van der Waals surface area (Å²) < 4.78 is 38.6. The molecule has 2 rings (SSSR count). The molecule has 0 heterocycles. The van der Waals surface area contributed by atoms with Crippen LogP contribution in [0.15, 0.2) is 40.1 Å². The van der Waals surface area contributed by atoms with Gasteiger partial charge in [0.1, 0.15) is 0 Å². The molecule has 1 fully saturated rings. The minimum Gasteiger partial charge on any atom is -0.294 e. The maximum Gasteiger partial charge on any atom is 0.417 e. The third-order valence-corrected chi connectivity index (χ3v) is 4.12. The smallest absolute Gasteiger partial charge is 0.294 e. The second kappa shape index (κ2) is 6.47. The first-order valence-electron chi connectivity index (χ1n) is 6.49. The van der Waals surface area contributed by atoms with Gasteiger partial charge in [0.05, 0.1) is 11.1 Å². The number of hydrogen-bond acceptors (Lipinski definition) is 3. The monoisotopic (exact) mass is 314 g/mol. The van der Waals surface area contributed by atoms with Crippen molar-refractivity contribution in [3.63, 3.8) is 0 Å². The van der Waals surface area contributed by atoms with Gasteiger partial charge in [-0.2, -0.15) is 13.2 Å². The minimum atomic E-state index is -4.46. The molecule has 112 valence electrons. The Hall–Kier alpha value is -1.56. The predicted molar refractivity (Wildman–Crippen MR) is 73.9 cm³/mol. The molecule has 1 aromatic rings. The Balaban J connectivity index is 2.28. The van der Waals surface area contributed by atoms with Gasteiger partial charge in [-0.3, -0.25) is 9.59 Å².